The fourth-order valence-corrected chi connectivity index (χ4v) is 11.5. The first-order chi connectivity index (χ1) is 15.6. The topological polar surface area (TPSA) is 15.3 Å². The molecule has 0 saturated heterocycles. The molecule has 0 amide bonds. The number of nitrogens with zero attached hydrogens (tertiary/aromatic N) is 1. The quantitative estimate of drug-likeness (QED) is 0.481. The van der Waals surface area contributed by atoms with Gasteiger partial charge in [0.25, 0.3) is 0 Å². The zero-order valence-electron chi connectivity index (χ0n) is 19.6. The molecule has 2 aromatic carbocycles. The average Bonchev–Trinajstić information content (AvgIpc) is 3.28. The van der Waals surface area contributed by atoms with Gasteiger partial charge in [-0.2, -0.15) is 0 Å². The lowest BCUT2D eigenvalue weighted by Crippen LogP contribution is -2.52. The zero-order valence-corrected chi connectivity index (χ0v) is 20.6. The van der Waals surface area contributed by atoms with E-state index in [2.05, 4.69) is 89.7 Å². The molecule has 0 spiro atoms. The number of allylic oxidation sites excluding steroid dienone is 4. The lowest BCUT2D eigenvalue weighted by Gasteiger charge is -2.48. The molecule has 1 unspecified atom stereocenters. The number of fused-ring (bicyclic) bond motifs is 3. The summed E-state index contributed by atoms with van der Waals surface area (Å²) >= 11 is 0. The van der Waals surface area contributed by atoms with Crippen molar-refractivity contribution in [3.8, 4) is 0 Å². The van der Waals surface area contributed by atoms with Gasteiger partial charge in [-0.25, -0.2) is 0 Å². The van der Waals surface area contributed by atoms with Crippen molar-refractivity contribution in [2.45, 2.75) is 63.6 Å². The summed E-state index contributed by atoms with van der Waals surface area (Å²) in [5.74, 6) is 2.35. The van der Waals surface area contributed by atoms with Crippen LogP contribution < -0.4 is 9.88 Å². The average molecular weight is 441 g/mol. The summed E-state index contributed by atoms with van der Waals surface area (Å²) in [5, 5.41) is 3.70. The van der Waals surface area contributed by atoms with E-state index in [9.17, 15) is 0 Å². The predicted molar refractivity (Wildman–Crippen MR) is 140 cm³/mol. The monoisotopic (exact) mass is 440 g/mol. The van der Waals surface area contributed by atoms with Crippen molar-refractivity contribution < 1.29 is 0 Å². The standard InChI is InChI=1S/C29H36N2Si/c1-32(2,31-27-17-8-6-15-25(27)30-26-16-7-9-18-28(26)31)29-20-19-23-22(13-10-14-24(23)29)21-11-4-3-5-12-21/h6-10,13-18,21,23-24,29-30H,3-5,11-12,19-20H2,1-2H3/t23-,24+,29?/m1/s1. The van der Waals surface area contributed by atoms with Crippen LogP contribution in [0.2, 0.25) is 18.6 Å². The van der Waals surface area contributed by atoms with Crippen molar-refractivity contribution >= 4 is 31.0 Å². The molecule has 3 heteroatoms. The second-order valence-corrected chi connectivity index (χ2v) is 15.4. The SMILES string of the molecule is C[Si](C)(C1CC[C@@H]2C(C3CCCCC3)=CC=C[C@H]12)N1c2ccccc2Nc2ccccc21. The molecule has 0 aromatic heterocycles. The van der Waals surface area contributed by atoms with Gasteiger partial charge >= 0.3 is 0 Å². The van der Waals surface area contributed by atoms with Crippen LogP contribution in [-0.2, 0) is 0 Å². The number of hydrogen-bond donors (Lipinski definition) is 1. The number of anilines is 4. The Morgan fingerprint density at radius 3 is 2.16 bits per heavy atom. The van der Waals surface area contributed by atoms with Crippen LogP contribution in [0, 0.1) is 17.8 Å². The molecule has 3 aliphatic carbocycles. The van der Waals surface area contributed by atoms with E-state index >= 15 is 0 Å². The van der Waals surface area contributed by atoms with E-state index in [1.807, 2.05) is 5.57 Å². The fourth-order valence-electron chi connectivity index (χ4n) is 7.41. The Hall–Kier alpha value is -2.26. The predicted octanol–water partition coefficient (Wildman–Crippen LogP) is 8.56. The molecule has 4 aliphatic rings. The first kappa shape index (κ1) is 20.4. The van der Waals surface area contributed by atoms with Crippen molar-refractivity contribution in [3.05, 3.63) is 72.3 Å². The minimum atomic E-state index is -1.84. The van der Waals surface area contributed by atoms with Crippen LogP contribution in [0.4, 0.5) is 22.7 Å². The molecular weight excluding hydrogens is 404 g/mol. The lowest BCUT2D eigenvalue weighted by molar-refractivity contribution is 0.354. The molecule has 2 aromatic rings. The lowest BCUT2D eigenvalue weighted by atomic mass is 9.73. The van der Waals surface area contributed by atoms with Gasteiger partial charge in [0, 0.05) is 0 Å². The molecule has 0 bridgehead atoms. The Bertz CT molecular complexity index is 1020. The maximum Gasteiger partial charge on any atom is 0.160 e. The van der Waals surface area contributed by atoms with Crippen molar-refractivity contribution in [1.82, 2.24) is 0 Å². The van der Waals surface area contributed by atoms with Crippen LogP contribution >= 0.6 is 0 Å². The molecule has 3 atom stereocenters. The highest BCUT2D eigenvalue weighted by atomic mass is 28.3. The number of hydrogen-bond acceptors (Lipinski definition) is 2. The molecule has 1 aliphatic heterocycles. The minimum Gasteiger partial charge on any atom is -0.366 e. The Morgan fingerprint density at radius 2 is 1.47 bits per heavy atom. The van der Waals surface area contributed by atoms with E-state index in [1.54, 1.807) is 0 Å². The van der Waals surface area contributed by atoms with E-state index in [-0.39, 0.29) is 0 Å². The molecule has 2 fully saturated rings. The molecular formula is C29H36N2Si. The normalized spacial score (nSPS) is 27.2. The second kappa shape index (κ2) is 7.95. The van der Waals surface area contributed by atoms with Crippen molar-refractivity contribution in [2.75, 3.05) is 9.88 Å². The van der Waals surface area contributed by atoms with E-state index in [0.717, 1.165) is 17.4 Å². The van der Waals surface area contributed by atoms with Crippen molar-refractivity contribution in [3.63, 3.8) is 0 Å². The zero-order chi connectivity index (χ0) is 21.7. The van der Waals surface area contributed by atoms with Gasteiger partial charge in [0.15, 0.2) is 8.24 Å². The first-order valence-electron chi connectivity index (χ1n) is 12.8. The molecule has 2 nitrogen and oxygen atoms in total. The second-order valence-electron chi connectivity index (χ2n) is 10.9. The highest BCUT2D eigenvalue weighted by Crippen LogP contribution is 2.57. The van der Waals surface area contributed by atoms with Crippen LogP contribution in [0.25, 0.3) is 0 Å². The fraction of sp³-hybridized carbons (Fsp3) is 0.448. The molecule has 1 N–H and O–H groups in total. The molecule has 6 rings (SSSR count). The minimum absolute atomic E-state index is 0.716. The van der Waals surface area contributed by atoms with Gasteiger partial charge in [-0.15, -0.1) is 0 Å². The molecule has 0 radical (unpaired) electrons. The highest BCUT2D eigenvalue weighted by molar-refractivity contribution is 6.84. The summed E-state index contributed by atoms with van der Waals surface area (Å²) in [7, 11) is -1.84. The summed E-state index contributed by atoms with van der Waals surface area (Å²) in [6.45, 7) is 5.26. The number of para-hydroxylation sites is 4. The van der Waals surface area contributed by atoms with Crippen molar-refractivity contribution in [1.29, 1.82) is 0 Å². The van der Waals surface area contributed by atoms with Gasteiger partial charge in [-0.3, -0.25) is 0 Å². The van der Waals surface area contributed by atoms with Gasteiger partial charge in [0.2, 0.25) is 0 Å². The highest BCUT2D eigenvalue weighted by Gasteiger charge is 2.51. The van der Waals surface area contributed by atoms with Gasteiger partial charge in [0.1, 0.15) is 0 Å². The van der Waals surface area contributed by atoms with E-state index in [0.29, 0.717) is 5.92 Å². The molecule has 2 saturated carbocycles. The van der Waals surface area contributed by atoms with Crippen LogP contribution in [0.15, 0.2) is 72.3 Å². The summed E-state index contributed by atoms with van der Waals surface area (Å²) in [6.07, 6.45) is 17.4. The van der Waals surface area contributed by atoms with Crippen LogP contribution in [-0.4, -0.2) is 8.24 Å². The molecule has 32 heavy (non-hydrogen) atoms. The largest absolute Gasteiger partial charge is 0.366 e. The first-order valence-corrected chi connectivity index (χ1v) is 15.8. The number of rotatable bonds is 3. The Labute approximate surface area is 194 Å². The van der Waals surface area contributed by atoms with E-state index in [4.69, 9.17) is 0 Å². The summed E-state index contributed by atoms with van der Waals surface area (Å²) in [4.78, 5) is 0. The van der Waals surface area contributed by atoms with Gasteiger partial charge in [0.05, 0.1) is 22.7 Å². The third-order valence-corrected chi connectivity index (χ3v) is 13.0. The molecule has 166 valence electrons. The number of nitrogens with one attached hydrogen (secondary N) is 1. The van der Waals surface area contributed by atoms with Crippen molar-refractivity contribution in [2.24, 2.45) is 17.8 Å². The van der Waals surface area contributed by atoms with Crippen LogP contribution in [0.5, 0.6) is 0 Å². The Kier molecular flexibility index (Phi) is 5.06. The number of benzene rings is 2. The molecule has 1 heterocycles. The smallest absolute Gasteiger partial charge is 0.160 e. The van der Waals surface area contributed by atoms with Crippen LogP contribution in [0.3, 0.4) is 0 Å². The van der Waals surface area contributed by atoms with E-state index in [1.165, 1.54) is 67.7 Å². The van der Waals surface area contributed by atoms with Gasteiger partial charge in [-0.1, -0.05) is 80.4 Å². The third kappa shape index (κ3) is 3.20. The van der Waals surface area contributed by atoms with Gasteiger partial charge < -0.3 is 9.88 Å². The van der Waals surface area contributed by atoms with Gasteiger partial charge in [-0.05, 0) is 73.2 Å². The maximum absolute atomic E-state index is 3.70. The van der Waals surface area contributed by atoms with Crippen LogP contribution in [0.1, 0.15) is 44.9 Å². The maximum atomic E-state index is 3.70. The Morgan fingerprint density at radius 1 is 0.812 bits per heavy atom. The van der Waals surface area contributed by atoms with E-state index < -0.39 is 8.24 Å². The Balaban J connectivity index is 1.36. The summed E-state index contributed by atoms with van der Waals surface area (Å²) in [5.41, 5.74) is 7.83. The summed E-state index contributed by atoms with van der Waals surface area (Å²) in [6, 6.07) is 17.8. The third-order valence-electron chi connectivity index (χ3n) is 8.89. The summed E-state index contributed by atoms with van der Waals surface area (Å²) < 4.78 is 2.79.